The molecule has 0 aliphatic carbocycles. The lowest BCUT2D eigenvalue weighted by atomic mass is 9.98. The third-order valence-corrected chi connectivity index (χ3v) is 2.83. The summed E-state index contributed by atoms with van der Waals surface area (Å²) in [7, 11) is 0. The van der Waals surface area contributed by atoms with E-state index in [1.165, 1.54) is 0 Å². The van der Waals surface area contributed by atoms with Crippen molar-refractivity contribution >= 4 is 0 Å². The smallest absolute Gasteiger partial charge is 0.0608 e. The Morgan fingerprint density at radius 2 is 1.59 bits per heavy atom. The third kappa shape index (κ3) is 9.57. The van der Waals surface area contributed by atoms with Crippen molar-refractivity contribution < 1.29 is 5.11 Å². The second-order valence-electron chi connectivity index (χ2n) is 6.46. The van der Waals surface area contributed by atoms with E-state index in [2.05, 4.69) is 32.6 Å². The van der Waals surface area contributed by atoms with E-state index < -0.39 is 5.54 Å². The van der Waals surface area contributed by atoms with E-state index in [1.54, 1.807) is 0 Å². The second kappa shape index (κ2) is 8.06. The van der Waals surface area contributed by atoms with Gasteiger partial charge in [0, 0.05) is 18.6 Å². The number of aliphatic hydroxyl groups excluding tert-OH is 1. The van der Waals surface area contributed by atoms with E-state index >= 15 is 0 Å². The van der Waals surface area contributed by atoms with Gasteiger partial charge in [-0.05, 0) is 38.1 Å². The topological polar surface area (TPSA) is 49.5 Å². The number of hydrogen-bond acceptors (Lipinski definition) is 3. The van der Waals surface area contributed by atoms with Crippen molar-refractivity contribution in [2.24, 2.45) is 17.6 Å². The van der Waals surface area contributed by atoms with Crippen LogP contribution in [0.25, 0.3) is 0 Å². The van der Waals surface area contributed by atoms with Gasteiger partial charge in [0.15, 0.2) is 0 Å². The fraction of sp³-hybridized carbons (Fsp3) is 1.00. The molecule has 0 amide bonds. The van der Waals surface area contributed by atoms with Gasteiger partial charge in [-0.15, -0.1) is 0 Å². The first-order chi connectivity index (χ1) is 7.76. The molecule has 3 heteroatoms. The molecule has 3 nitrogen and oxygen atoms in total. The molecule has 0 heterocycles. The predicted molar refractivity (Wildman–Crippen MR) is 75.0 cm³/mol. The molecule has 0 aliphatic heterocycles. The summed E-state index contributed by atoms with van der Waals surface area (Å²) in [5.74, 6) is 1.41. The van der Waals surface area contributed by atoms with Crippen LogP contribution in [0.15, 0.2) is 0 Å². The average molecular weight is 244 g/mol. The quantitative estimate of drug-likeness (QED) is 0.653. The standard InChI is InChI=1S/C14H32N2O/c1-12(2)9-16(10-13(3)4)8-6-7-14(5,15)11-17/h12-13,17H,6-11,15H2,1-5H3. The van der Waals surface area contributed by atoms with E-state index in [4.69, 9.17) is 10.8 Å². The molecular weight excluding hydrogens is 212 g/mol. The van der Waals surface area contributed by atoms with Gasteiger partial charge in [-0.3, -0.25) is 0 Å². The van der Waals surface area contributed by atoms with Crippen LogP contribution in [0, 0.1) is 11.8 Å². The molecule has 104 valence electrons. The molecule has 0 aromatic carbocycles. The first-order valence-electron chi connectivity index (χ1n) is 6.89. The summed E-state index contributed by atoms with van der Waals surface area (Å²) in [6, 6.07) is 0. The van der Waals surface area contributed by atoms with Crippen LogP contribution in [0.5, 0.6) is 0 Å². The highest BCUT2D eigenvalue weighted by Gasteiger charge is 2.17. The van der Waals surface area contributed by atoms with Crippen molar-refractivity contribution in [1.82, 2.24) is 4.90 Å². The minimum Gasteiger partial charge on any atom is -0.394 e. The Labute approximate surface area is 107 Å². The van der Waals surface area contributed by atoms with Gasteiger partial charge in [-0.2, -0.15) is 0 Å². The highest BCUT2D eigenvalue weighted by atomic mass is 16.3. The van der Waals surface area contributed by atoms with Gasteiger partial charge in [0.2, 0.25) is 0 Å². The maximum absolute atomic E-state index is 9.11. The maximum Gasteiger partial charge on any atom is 0.0608 e. The van der Waals surface area contributed by atoms with Crippen molar-refractivity contribution in [2.75, 3.05) is 26.2 Å². The lowest BCUT2D eigenvalue weighted by Crippen LogP contribution is -2.41. The minimum absolute atomic E-state index is 0.0708. The fourth-order valence-corrected chi connectivity index (χ4v) is 2.08. The largest absolute Gasteiger partial charge is 0.394 e. The maximum atomic E-state index is 9.11. The summed E-state index contributed by atoms with van der Waals surface area (Å²) in [4.78, 5) is 2.52. The van der Waals surface area contributed by atoms with Crippen LogP contribution in [0.3, 0.4) is 0 Å². The van der Waals surface area contributed by atoms with Gasteiger partial charge in [0.1, 0.15) is 0 Å². The summed E-state index contributed by atoms with van der Waals surface area (Å²) in [5, 5.41) is 9.11. The Morgan fingerprint density at radius 1 is 1.12 bits per heavy atom. The molecule has 0 aliphatic rings. The van der Waals surface area contributed by atoms with Crippen molar-refractivity contribution in [3.63, 3.8) is 0 Å². The summed E-state index contributed by atoms with van der Waals surface area (Å²) in [5.41, 5.74) is 5.52. The zero-order valence-corrected chi connectivity index (χ0v) is 12.4. The van der Waals surface area contributed by atoms with E-state index in [0.29, 0.717) is 11.8 Å². The molecular formula is C14H32N2O. The molecule has 0 spiro atoms. The SMILES string of the molecule is CC(C)CN(CCCC(C)(N)CO)CC(C)C. The highest BCUT2D eigenvalue weighted by molar-refractivity contribution is 4.77. The van der Waals surface area contributed by atoms with Gasteiger partial charge in [-0.1, -0.05) is 27.7 Å². The van der Waals surface area contributed by atoms with Crippen LogP contribution in [0.4, 0.5) is 0 Å². The molecule has 0 rings (SSSR count). The number of nitrogens with two attached hydrogens (primary N) is 1. The summed E-state index contributed by atoms with van der Waals surface area (Å²) < 4.78 is 0. The van der Waals surface area contributed by atoms with Crippen LogP contribution >= 0.6 is 0 Å². The van der Waals surface area contributed by atoms with Gasteiger partial charge in [0.25, 0.3) is 0 Å². The molecule has 0 saturated heterocycles. The molecule has 0 saturated carbocycles. The lowest BCUT2D eigenvalue weighted by molar-refractivity contribution is 0.177. The molecule has 3 N–H and O–H groups in total. The van der Waals surface area contributed by atoms with Gasteiger partial charge < -0.3 is 15.7 Å². The lowest BCUT2D eigenvalue weighted by Gasteiger charge is -2.28. The highest BCUT2D eigenvalue weighted by Crippen LogP contribution is 2.10. The second-order valence-corrected chi connectivity index (χ2v) is 6.46. The number of hydrogen-bond donors (Lipinski definition) is 2. The zero-order valence-electron chi connectivity index (χ0n) is 12.4. The number of aliphatic hydroxyl groups is 1. The van der Waals surface area contributed by atoms with Crippen molar-refractivity contribution in [3.8, 4) is 0 Å². The first-order valence-corrected chi connectivity index (χ1v) is 6.89. The normalized spacial score (nSPS) is 15.9. The zero-order chi connectivity index (χ0) is 13.5. The monoisotopic (exact) mass is 244 g/mol. The summed E-state index contributed by atoms with van der Waals surface area (Å²) in [6.07, 6.45) is 1.95. The predicted octanol–water partition coefficient (Wildman–Crippen LogP) is 2.09. The van der Waals surface area contributed by atoms with Crippen molar-refractivity contribution in [1.29, 1.82) is 0 Å². The van der Waals surface area contributed by atoms with E-state index in [-0.39, 0.29) is 6.61 Å². The van der Waals surface area contributed by atoms with E-state index in [0.717, 1.165) is 32.5 Å². The molecule has 0 aromatic heterocycles. The van der Waals surface area contributed by atoms with Crippen molar-refractivity contribution in [3.05, 3.63) is 0 Å². The van der Waals surface area contributed by atoms with Gasteiger partial charge >= 0.3 is 0 Å². The Bertz CT molecular complexity index is 181. The van der Waals surface area contributed by atoms with E-state index in [1.807, 2.05) is 6.92 Å². The average Bonchev–Trinajstić information content (AvgIpc) is 2.15. The number of nitrogens with zero attached hydrogens (tertiary/aromatic N) is 1. The third-order valence-electron chi connectivity index (χ3n) is 2.83. The van der Waals surface area contributed by atoms with Crippen LogP contribution in [0.1, 0.15) is 47.5 Å². The number of rotatable bonds is 9. The van der Waals surface area contributed by atoms with Crippen LogP contribution in [-0.4, -0.2) is 41.8 Å². The molecule has 0 fully saturated rings. The molecule has 1 unspecified atom stereocenters. The fourth-order valence-electron chi connectivity index (χ4n) is 2.08. The van der Waals surface area contributed by atoms with Gasteiger partial charge in [-0.25, -0.2) is 0 Å². The Balaban J connectivity index is 3.99. The summed E-state index contributed by atoms with van der Waals surface area (Å²) in [6.45, 7) is 14.4. The van der Waals surface area contributed by atoms with Crippen LogP contribution in [-0.2, 0) is 0 Å². The van der Waals surface area contributed by atoms with E-state index in [9.17, 15) is 0 Å². The molecule has 0 bridgehead atoms. The Hall–Kier alpha value is -0.120. The van der Waals surface area contributed by atoms with Gasteiger partial charge in [0.05, 0.1) is 6.61 Å². The Kier molecular flexibility index (Phi) is 8.01. The van der Waals surface area contributed by atoms with Crippen molar-refractivity contribution in [2.45, 2.75) is 53.0 Å². The van der Waals surface area contributed by atoms with Crippen LogP contribution in [0.2, 0.25) is 0 Å². The van der Waals surface area contributed by atoms with Crippen LogP contribution < -0.4 is 5.73 Å². The molecule has 0 radical (unpaired) electrons. The minimum atomic E-state index is -0.415. The molecule has 17 heavy (non-hydrogen) atoms. The molecule has 1 atom stereocenters. The Morgan fingerprint density at radius 3 is 1.94 bits per heavy atom. The molecule has 0 aromatic rings. The summed E-state index contributed by atoms with van der Waals surface area (Å²) >= 11 is 0. The first kappa shape index (κ1) is 16.9.